The summed E-state index contributed by atoms with van der Waals surface area (Å²) >= 11 is 6.14. The van der Waals surface area contributed by atoms with Gasteiger partial charge in [-0.05, 0) is 30.5 Å². The van der Waals surface area contributed by atoms with Gasteiger partial charge in [-0.15, -0.1) is 0 Å². The van der Waals surface area contributed by atoms with Crippen molar-refractivity contribution < 1.29 is 0 Å². The number of benzene rings is 1. The van der Waals surface area contributed by atoms with E-state index in [1.807, 2.05) is 24.3 Å². The van der Waals surface area contributed by atoms with Crippen molar-refractivity contribution in [3.63, 3.8) is 0 Å². The smallest absolute Gasteiger partial charge is 0.0762 e. The third kappa shape index (κ3) is 3.22. The van der Waals surface area contributed by atoms with Gasteiger partial charge in [-0.1, -0.05) is 42.6 Å². The molecule has 0 radical (unpaired) electrons. The molecule has 1 heterocycles. The molecule has 0 amide bonds. The van der Waals surface area contributed by atoms with Gasteiger partial charge in [0.15, 0.2) is 0 Å². The molecule has 0 spiro atoms. The van der Waals surface area contributed by atoms with Gasteiger partial charge in [-0.25, -0.2) is 0 Å². The van der Waals surface area contributed by atoms with Crippen LogP contribution in [0.25, 0.3) is 0 Å². The minimum atomic E-state index is 0.618. The van der Waals surface area contributed by atoms with E-state index in [2.05, 4.69) is 27.4 Å². The fraction of sp³-hybridized carbons (Fsp3) is 0.438. The largest absolute Gasteiger partial charge is 0.307 e. The fourth-order valence-corrected chi connectivity index (χ4v) is 3.01. The number of hydrogen-bond donors (Lipinski definition) is 1. The Labute approximate surface area is 124 Å². The number of nitrogens with zero attached hydrogens (tertiary/aromatic N) is 2. The first-order valence-corrected chi connectivity index (χ1v) is 7.69. The van der Waals surface area contributed by atoms with E-state index in [1.54, 1.807) is 0 Å². The Balaban J connectivity index is 1.52. The van der Waals surface area contributed by atoms with Crippen LogP contribution in [0.4, 0.5) is 0 Å². The Hall–Kier alpha value is -1.32. The Bertz CT molecular complexity index is 558. The maximum atomic E-state index is 6.14. The van der Waals surface area contributed by atoms with Crippen molar-refractivity contribution in [2.24, 2.45) is 0 Å². The molecule has 3 rings (SSSR count). The second-order valence-corrected chi connectivity index (χ2v) is 5.83. The first-order valence-electron chi connectivity index (χ1n) is 7.31. The molecule has 3 nitrogen and oxygen atoms in total. The normalized spacial score (nSPS) is 15.8. The van der Waals surface area contributed by atoms with Crippen LogP contribution in [0.5, 0.6) is 0 Å². The quantitative estimate of drug-likeness (QED) is 0.903. The van der Waals surface area contributed by atoms with Gasteiger partial charge in [0.25, 0.3) is 0 Å². The molecule has 4 heteroatoms. The molecule has 1 aromatic carbocycles. The number of rotatable bonds is 5. The van der Waals surface area contributed by atoms with Crippen LogP contribution in [0.15, 0.2) is 36.5 Å². The topological polar surface area (TPSA) is 29.9 Å². The maximum absolute atomic E-state index is 6.14. The van der Waals surface area contributed by atoms with Crippen LogP contribution < -0.4 is 5.32 Å². The standard InChI is InChI=1S/C16H20ClN3/c17-16-8-4-1-5-13(16)11-18-12-14-9-10-20(19-14)15-6-2-3-7-15/h1,4-5,8-10,15,18H,2-3,6-7,11-12H2. The lowest BCUT2D eigenvalue weighted by Gasteiger charge is -2.09. The van der Waals surface area contributed by atoms with E-state index in [0.717, 1.165) is 29.4 Å². The van der Waals surface area contributed by atoms with Crippen molar-refractivity contribution in [3.05, 3.63) is 52.8 Å². The van der Waals surface area contributed by atoms with E-state index in [9.17, 15) is 0 Å². The van der Waals surface area contributed by atoms with Crippen molar-refractivity contribution in [1.82, 2.24) is 15.1 Å². The van der Waals surface area contributed by atoms with Gasteiger partial charge < -0.3 is 5.32 Å². The van der Waals surface area contributed by atoms with Crippen molar-refractivity contribution in [3.8, 4) is 0 Å². The highest BCUT2D eigenvalue weighted by molar-refractivity contribution is 6.31. The molecular weight excluding hydrogens is 270 g/mol. The van der Waals surface area contributed by atoms with Gasteiger partial charge in [0.2, 0.25) is 0 Å². The number of halogens is 1. The summed E-state index contributed by atoms with van der Waals surface area (Å²) in [5.41, 5.74) is 2.23. The minimum absolute atomic E-state index is 0.618. The molecule has 0 atom stereocenters. The van der Waals surface area contributed by atoms with Gasteiger partial charge in [0.1, 0.15) is 0 Å². The van der Waals surface area contributed by atoms with Crippen molar-refractivity contribution in [2.75, 3.05) is 0 Å². The number of nitrogens with one attached hydrogen (secondary N) is 1. The molecule has 0 bridgehead atoms. The fourth-order valence-electron chi connectivity index (χ4n) is 2.81. The zero-order chi connectivity index (χ0) is 13.8. The van der Waals surface area contributed by atoms with Crippen LogP contribution in [0, 0.1) is 0 Å². The predicted molar refractivity (Wildman–Crippen MR) is 81.7 cm³/mol. The van der Waals surface area contributed by atoms with Gasteiger partial charge in [0, 0.05) is 24.3 Å². The van der Waals surface area contributed by atoms with Crippen molar-refractivity contribution in [2.45, 2.75) is 44.8 Å². The number of aromatic nitrogens is 2. The first-order chi connectivity index (χ1) is 9.83. The van der Waals surface area contributed by atoms with E-state index in [0.29, 0.717) is 6.04 Å². The second kappa shape index (κ2) is 6.42. The lowest BCUT2D eigenvalue weighted by Crippen LogP contribution is -2.14. The molecule has 20 heavy (non-hydrogen) atoms. The van der Waals surface area contributed by atoms with Crippen LogP contribution in [-0.2, 0) is 13.1 Å². The summed E-state index contributed by atoms with van der Waals surface area (Å²) in [6.45, 7) is 1.56. The van der Waals surface area contributed by atoms with Gasteiger partial charge in [0.05, 0.1) is 11.7 Å². The molecule has 1 aliphatic rings. The van der Waals surface area contributed by atoms with Crippen LogP contribution in [0.1, 0.15) is 43.0 Å². The third-order valence-electron chi connectivity index (χ3n) is 3.94. The first kappa shape index (κ1) is 13.7. The van der Waals surface area contributed by atoms with Crippen LogP contribution in [-0.4, -0.2) is 9.78 Å². The van der Waals surface area contributed by atoms with Crippen molar-refractivity contribution >= 4 is 11.6 Å². The highest BCUT2D eigenvalue weighted by Crippen LogP contribution is 2.28. The Kier molecular flexibility index (Phi) is 4.38. The van der Waals surface area contributed by atoms with Gasteiger partial charge in [-0.3, -0.25) is 4.68 Å². The summed E-state index contributed by atoms with van der Waals surface area (Å²) in [4.78, 5) is 0. The van der Waals surface area contributed by atoms with E-state index < -0.39 is 0 Å². The summed E-state index contributed by atoms with van der Waals surface area (Å²) < 4.78 is 2.14. The molecule has 106 valence electrons. The monoisotopic (exact) mass is 289 g/mol. The molecule has 1 N–H and O–H groups in total. The Morgan fingerprint density at radius 2 is 1.95 bits per heavy atom. The Morgan fingerprint density at radius 3 is 2.75 bits per heavy atom. The van der Waals surface area contributed by atoms with E-state index in [1.165, 1.54) is 25.7 Å². The average Bonchev–Trinajstić information content (AvgIpc) is 3.11. The lowest BCUT2D eigenvalue weighted by molar-refractivity contribution is 0.461. The molecule has 1 aliphatic carbocycles. The Morgan fingerprint density at radius 1 is 1.15 bits per heavy atom. The van der Waals surface area contributed by atoms with Crippen LogP contribution in [0.2, 0.25) is 5.02 Å². The van der Waals surface area contributed by atoms with Gasteiger partial charge in [-0.2, -0.15) is 5.10 Å². The van der Waals surface area contributed by atoms with Gasteiger partial charge >= 0.3 is 0 Å². The van der Waals surface area contributed by atoms with Crippen molar-refractivity contribution in [1.29, 1.82) is 0 Å². The molecule has 1 saturated carbocycles. The third-order valence-corrected chi connectivity index (χ3v) is 4.31. The SMILES string of the molecule is Clc1ccccc1CNCc1ccn(C2CCCC2)n1. The average molecular weight is 290 g/mol. The maximum Gasteiger partial charge on any atom is 0.0762 e. The zero-order valence-electron chi connectivity index (χ0n) is 11.6. The highest BCUT2D eigenvalue weighted by Gasteiger charge is 2.17. The molecule has 2 aromatic rings. The molecular formula is C16H20ClN3. The number of hydrogen-bond acceptors (Lipinski definition) is 2. The van der Waals surface area contributed by atoms with E-state index in [4.69, 9.17) is 11.6 Å². The summed E-state index contributed by atoms with van der Waals surface area (Å²) in [7, 11) is 0. The molecule has 0 unspecified atom stereocenters. The molecule has 0 saturated heterocycles. The lowest BCUT2D eigenvalue weighted by atomic mass is 10.2. The van der Waals surface area contributed by atoms with Crippen LogP contribution in [0.3, 0.4) is 0 Å². The second-order valence-electron chi connectivity index (χ2n) is 5.42. The van der Waals surface area contributed by atoms with E-state index >= 15 is 0 Å². The molecule has 1 fully saturated rings. The summed E-state index contributed by atoms with van der Waals surface area (Å²) in [5, 5.41) is 8.89. The summed E-state index contributed by atoms with van der Waals surface area (Å²) in [5.74, 6) is 0. The van der Waals surface area contributed by atoms with Crippen LogP contribution >= 0.6 is 11.6 Å². The summed E-state index contributed by atoms with van der Waals surface area (Å²) in [6, 6.07) is 10.7. The predicted octanol–water partition coefficient (Wildman–Crippen LogP) is 3.94. The zero-order valence-corrected chi connectivity index (χ0v) is 12.3. The highest BCUT2D eigenvalue weighted by atomic mass is 35.5. The summed E-state index contributed by atoms with van der Waals surface area (Å²) in [6.07, 6.45) is 7.33. The minimum Gasteiger partial charge on any atom is -0.307 e. The molecule has 1 aromatic heterocycles. The molecule has 0 aliphatic heterocycles. The van der Waals surface area contributed by atoms with E-state index in [-0.39, 0.29) is 0 Å².